The van der Waals surface area contributed by atoms with Crippen LogP contribution in [0.1, 0.15) is 25.0 Å². The summed E-state index contributed by atoms with van der Waals surface area (Å²) in [6.45, 7) is 3.92. The molecular formula is C11H14NO2. The lowest BCUT2D eigenvalue weighted by Gasteiger charge is -2.02. The highest BCUT2D eigenvalue weighted by molar-refractivity contribution is 5.69. The van der Waals surface area contributed by atoms with Crippen molar-refractivity contribution in [2.24, 2.45) is 0 Å². The molecule has 0 saturated carbocycles. The van der Waals surface area contributed by atoms with Crippen LogP contribution in [0.15, 0.2) is 24.4 Å². The maximum Gasteiger partial charge on any atom is 0.306 e. The van der Waals surface area contributed by atoms with E-state index in [1.165, 1.54) is 0 Å². The van der Waals surface area contributed by atoms with Crippen LogP contribution in [0.5, 0.6) is 0 Å². The van der Waals surface area contributed by atoms with Gasteiger partial charge in [0.25, 0.3) is 0 Å². The smallest absolute Gasteiger partial charge is 0.306 e. The van der Waals surface area contributed by atoms with Crippen LogP contribution in [0, 0.1) is 6.92 Å². The Labute approximate surface area is 84.1 Å². The molecule has 1 aromatic rings. The van der Waals surface area contributed by atoms with Crippen LogP contribution >= 0.6 is 0 Å². The maximum atomic E-state index is 11.1. The standard InChI is InChI=1S/C11H14NO2/c1-2-3-7-11(13)14-9-10-6-4-5-8-12-10/h4-6,8H,1-3,7,9H2. The molecule has 0 aromatic carbocycles. The molecule has 1 radical (unpaired) electrons. The van der Waals surface area contributed by atoms with Gasteiger partial charge in [0.05, 0.1) is 5.69 Å². The molecule has 14 heavy (non-hydrogen) atoms. The van der Waals surface area contributed by atoms with Crippen molar-refractivity contribution >= 4 is 5.97 Å². The van der Waals surface area contributed by atoms with Crippen LogP contribution in [0.2, 0.25) is 0 Å². The van der Waals surface area contributed by atoms with Gasteiger partial charge in [-0.25, -0.2) is 0 Å². The maximum absolute atomic E-state index is 11.1. The number of esters is 1. The fourth-order valence-corrected chi connectivity index (χ4v) is 0.979. The molecule has 0 unspecified atom stereocenters. The van der Waals surface area contributed by atoms with Crippen LogP contribution in [0.3, 0.4) is 0 Å². The normalized spacial score (nSPS) is 9.79. The van der Waals surface area contributed by atoms with E-state index in [0.717, 1.165) is 18.5 Å². The summed E-state index contributed by atoms with van der Waals surface area (Å²) < 4.78 is 5.00. The van der Waals surface area contributed by atoms with E-state index in [0.29, 0.717) is 6.42 Å². The summed E-state index contributed by atoms with van der Waals surface area (Å²) in [5, 5.41) is 0. The fraction of sp³-hybridized carbons (Fsp3) is 0.364. The summed E-state index contributed by atoms with van der Waals surface area (Å²) in [5.41, 5.74) is 0.774. The van der Waals surface area contributed by atoms with Gasteiger partial charge in [-0.2, -0.15) is 0 Å². The number of pyridine rings is 1. The third-order valence-electron chi connectivity index (χ3n) is 1.74. The Morgan fingerprint density at radius 3 is 3.00 bits per heavy atom. The molecule has 0 amide bonds. The molecule has 0 aliphatic rings. The van der Waals surface area contributed by atoms with Gasteiger partial charge < -0.3 is 4.74 Å². The van der Waals surface area contributed by atoms with E-state index in [9.17, 15) is 4.79 Å². The van der Waals surface area contributed by atoms with E-state index < -0.39 is 0 Å². The Bertz CT molecular complexity index is 272. The van der Waals surface area contributed by atoms with E-state index in [1.807, 2.05) is 18.2 Å². The third kappa shape index (κ3) is 4.03. The van der Waals surface area contributed by atoms with E-state index in [1.54, 1.807) is 6.20 Å². The summed E-state index contributed by atoms with van der Waals surface area (Å²) in [6, 6.07) is 5.52. The largest absolute Gasteiger partial charge is 0.459 e. The van der Waals surface area contributed by atoms with Crippen molar-refractivity contribution in [1.29, 1.82) is 0 Å². The summed E-state index contributed by atoms with van der Waals surface area (Å²) in [7, 11) is 0. The topological polar surface area (TPSA) is 39.2 Å². The van der Waals surface area contributed by atoms with E-state index in [2.05, 4.69) is 11.9 Å². The number of hydrogen-bond acceptors (Lipinski definition) is 3. The van der Waals surface area contributed by atoms with Gasteiger partial charge in [0.2, 0.25) is 0 Å². The Hall–Kier alpha value is -1.38. The fourth-order valence-electron chi connectivity index (χ4n) is 0.979. The molecule has 1 aromatic heterocycles. The van der Waals surface area contributed by atoms with Gasteiger partial charge in [-0.1, -0.05) is 19.4 Å². The Kier molecular flexibility index (Phi) is 4.69. The zero-order valence-corrected chi connectivity index (χ0v) is 8.11. The van der Waals surface area contributed by atoms with Crippen LogP contribution in [0.4, 0.5) is 0 Å². The molecule has 0 aliphatic carbocycles. The second-order valence-electron chi connectivity index (χ2n) is 2.94. The molecule has 0 fully saturated rings. The summed E-state index contributed by atoms with van der Waals surface area (Å²) in [6.07, 6.45) is 3.66. The molecule has 75 valence electrons. The number of unbranched alkanes of at least 4 members (excludes halogenated alkanes) is 1. The molecular weight excluding hydrogens is 178 g/mol. The lowest BCUT2D eigenvalue weighted by Crippen LogP contribution is -2.04. The van der Waals surface area contributed by atoms with Crippen molar-refractivity contribution < 1.29 is 9.53 Å². The molecule has 3 nitrogen and oxygen atoms in total. The van der Waals surface area contributed by atoms with Crippen molar-refractivity contribution in [1.82, 2.24) is 4.98 Å². The van der Waals surface area contributed by atoms with Gasteiger partial charge in [0.1, 0.15) is 6.61 Å². The van der Waals surface area contributed by atoms with E-state index >= 15 is 0 Å². The van der Waals surface area contributed by atoms with E-state index in [4.69, 9.17) is 4.74 Å². The van der Waals surface area contributed by atoms with Crippen molar-refractivity contribution in [3.63, 3.8) is 0 Å². The molecule has 1 rings (SSSR count). The second kappa shape index (κ2) is 6.13. The molecule has 1 heterocycles. The van der Waals surface area contributed by atoms with Crippen LogP contribution < -0.4 is 0 Å². The van der Waals surface area contributed by atoms with Crippen molar-refractivity contribution in [2.45, 2.75) is 25.9 Å². The molecule has 0 bridgehead atoms. The zero-order valence-electron chi connectivity index (χ0n) is 8.11. The highest BCUT2D eigenvalue weighted by Gasteiger charge is 2.02. The van der Waals surface area contributed by atoms with E-state index in [-0.39, 0.29) is 12.6 Å². The minimum atomic E-state index is -0.181. The summed E-state index contributed by atoms with van der Waals surface area (Å²) in [5.74, 6) is -0.181. The first-order valence-corrected chi connectivity index (χ1v) is 4.67. The average Bonchev–Trinajstić information content (AvgIpc) is 2.25. The van der Waals surface area contributed by atoms with Gasteiger partial charge in [-0.05, 0) is 18.6 Å². The number of ether oxygens (including phenoxy) is 1. The molecule has 0 atom stereocenters. The first kappa shape index (κ1) is 10.7. The van der Waals surface area contributed by atoms with Crippen molar-refractivity contribution in [2.75, 3.05) is 0 Å². The molecule has 0 N–H and O–H groups in total. The van der Waals surface area contributed by atoms with Gasteiger partial charge in [-0.3, -0.25) is 9.78 Å². The molecule has 0 spiro atoms. The second-order valence-corrected chi connectivity index (χ2v) is 2.94. The third-order valence-corrected chi connectivity index (χ3v) is 1.74. The minimum Gasteiger partial charge on any atom is -0.459 e. The zero-order chi connectivity index (χ0) is 10.2. The van der Waals surface area contributed by atoms with Crippen molar-refractivity contribution in [3.05, 3.63) is 37.0 Å². The van der Waals surface area contributed by atoms with Crippen LogP contribution in [-0.2, 0) is 16.1 Å². The number of aromatic nitrogens is 1. The van der Waals surface area contributed by atoms with Gasteiger partial charge in [0.15, 0.2) is 0 Å². The highest BCUT2D eigenvalue weighted by Crippen LogP contribution is 2.00. The van der Waals surface area contributed by atoms with Crippen molar-refractivity contribution in [3.8, 4) is 0 Å². The van der Waals surface area contributed by atoms with Gasteiger partial charge in [-0.15, -0.1) is 0 Å². The predicted molar refractivity (Wildman–Crippen MR) is 53.2 cm³/mol. The Morgan fingerprint density at radius 2 is 2.36 bits per heavy atom. The van der Waals surface area contributed by atoms with Gasteiger partial charge >= 0.3 is 5.97 Å². The lowest BCUT2D eigenvalue weighted by atomic mass is 10.2. The van der Waals surface area contributed by atoms with Gasteiger partial charge in [0, 0.05) is 12.6 Å². The number of carbonyl (C=O) groups is 1. The first-order valence-electron chi connectivity index (χ1n) is 4.67. The summed E-state index contributed by atoms with van der Waals surface area (Å²) in [4.78, 5) is 15.1. The first-order chi connectivity index (χ1) is 6.83. The molecule has 0 saturated heterocycles. The quantitative estimate of drug-likeness (QED) is 0.671. The monoisotopic (exact) mass is 192 g/mol. The number of rotatable bonds is 5. The number of nitrogens with zero attached hydrogens (tertiary/aromatic N) is 1. The Morgan fingerprint density at radius 1 is 1.50 bits per heavy atom. The number of hydrogen-bond donors (Lipinski definition) is 0. The SMILES string of the molecule is [CH2]CCCC(=O)OCc1ccccn1. The molecule has 3 heteroatoms. The van der Waals surface area contributed by atoms with Crippen LogP contribution in [-0.4, -0.2) is 11.0 Å². The highest BCUT2D eigenvalue weighted by atomic mass is 16.5. The lowest BCUT2D eigenvalue weighted by molar-refractivity contribution is -0.145. The predicted octanol–water partition coefficient (Wildman–Crippen LogP) is 2.13. The minimum absolute atomic E-state index is 0.181. The summed E-state index contributed by atoms with van der Waals surface area (Å²) >= 11 is 0. The number of carbonyl (C=O) groups excluding carboxylic acids is 1. The Balaban J connectivity index is 2.24. The van der Waals surface area contributed by atoms with Crippen LogP contribution in [0.25, 0.3) is 0 Å². The average molecular weight is 192 g/mol. The molecule has 0 aliphatic heterocycles.